The lowest BCUT2D eigenvalue weighted by Gasteiger charge is -2.25. The van der Waals surface area contributed by atoms with Gasteiger partial charge in [0.25, 0.3) is 0 Å². The van der Waals surface area contributed by atoms with Crippen molar-refractivity contribution in [3.63, 3.8) is 0 Å². The van der Waals surface area contributed by atoms with E-state index < -0.39 is 23.8 Å². The minimum absolute atomic E-state index is 0.0851. The van der Waals surface area contributed by atoms with Gasteiger partial charge in [0, 0.05) is 6.42 Å². The molecule has 5 heteroatoms. The fourth-order valence-electron chi connectivity index (χ4n) is 2.00. The summed E-state index contributed by atoms with van der Waals surface area (Å²) in [4.78, 5) is 11.7. The van der Waals surface area contributed by atoms with Crippen LogP contribution in [-0.4, -0.2) is 30.1 Å². The number of aliphatic hydroxyl groups excluding tert-OH is 1. The molecular weight excluding hydrogens is 270 g/mol. The minimum atomic E-state index is -1.08. The van der Waals surface area contributed by atoms with Gasteiger partial charge >= 0.3 is 5.97 Å². The van der Waals surface area contributed by atoms with Crippen molar-refractivity contribution in [2.24, 2.45) is 0 Å². The highest BCUT2D eigenvalue weighted by molar-refractivity contribution is 5.91. The molecule has 0 saturated carbocycles. The molecule has 0 fully saturated rings. The number of carbonyl (C=O) groups excluding carboxylic acids is 1. The van der Waals surface area contributed by atoms with Crippen molar-refractivity contribution in [3.8, 4) is 6.07 Å². The normalized spacial score (nSPS) is 14.1. The van der Waals surface area contributed by atoms with Gasteiger partial charge in [-0.2, -0.15) is 5.26 Å². The third kappa shape index (κ3) is 5.18. The van der Waals surface area contributed by atoms with E-state index in [-0.39, 0.29) is 6.42 Å². The first-order valence-electron chi connectivity index (χ1n) is 6.71. The third-order valence-corrected chi connectivity index (χ3v) is 2.82. The summed E-state index contributed by atoms with van der Waals surface area (Å²) in [7, 11) is 1.29. The molecule has 1 N–H and O–H groups in total. The molecule has 1 aromatic rings. The summed E-state index contributed by atoms with van der Waals surface area (Å²) in [5.74, 6) is -1.16. The number of methoxy groups -OCH3 is 1. The number of nitrogens with zero attached hydrogens (tertiary/aromatic N) is 1. The van der Waals surface area contributed by atoms with Crippen LogP contribution in [0.25, 0.3) is 0 Å². The van der Waals surface area contributed by atoms with Gasteiger partial charge in [0.1, 0.15) is 0 Å². The highest BCUT2D eigenvalue weighted by Gasteiger charge is 2.24. The van der Waals surface area contributed by atoms with Gasteiger partial charge in [-0.1, -0.05) is 18.2 Å². The van der Waals surface area contributed by atoms with Gasteiger partial charge in [-0.05, 0) is 32.4 Å². The zero-order chi connectivity index (χ0) is 16.0. The van der Waals surface area contributed by atoms with Gasteiger partial charge in [0.2, 0.25) is 0 Å². The lowest BCUT2D eigenvalue weighted by atomic mass is 9.92. The molecule has 0 heterocycles. The Morgan fingerprint density at radius 1 is 1.38 bits per heavy atom. The van der Waals surface area contributed by atoms with E-state index in [9.17, 15) is 15.2 Å². The maximum absolute atomic E-state index is 11.7. The maximum atomic E-state index is 11.7. The quantitative estimate of drug-likeness (QED) is 0.666. The van der Waals surface area contributed by atoms with Crippen molar-refractivity contribution in [2.75, 3.05) is 7.11 Å². The second kappa shape index (κ2) is 7.21. The molecule has 1 aromatic carbocycles. The monoisotopic (exact) mass is 291 g/mol. The molecule has 0 aromatic heterocycles. The zero-order valence-electron chi connectivity index (χ0n) is 12.8. The number of nitriles is 1. The predicted molar refractivity (Wildman–Crippen MR) is 77.6 cm³/mol. The largest absolute Gasteiger partial charge is 0.465 e. The van der Waals surface area contributed by atoms with Crippen molar-refractivity contribution >= 4 is 5.97 Å². The number of carbonyl (C=O) groups is 1. The number of aliphatic hydroxyl groups is 1. The first kappa shape index (κ1) is 17.2. The molecule has 0 aliphatic carbocycles. The summed E-state index contributed by atoms with van der Waals surface area (Å²) in [6.07, 6.45) is -0.998. The van der Waals surface area contributed by atoms with Crippen LogP contribution in [0, 0.1) is 11.3 Å². The van der Waals surface area contributed by atoms with Gasteiger partial charge in [0.15, 0.2) is 6.29 Å². The Morgan fingerprint density at radius 3 is 2.52 bits per heavy atom. The molecule has 0 bridgehead atoms. The van der Waals surface area contributed by atoms with Crippen LogP contribution < -0.4 is 0 Å². The van der Waals surface area contributed by atoms with E-state index in [4.69, 9.17) is 9.47 Å². The van der Waals surface area contributed by atoms with E-state index >= 15 is 0 Å². The van der Waals surface area contributed by atoms with Gasteiger partial charge in [-0.25, -0.2) is 4.79 Å². The molecule has 21 heavy (non-hydrogen) atoms. The highest BCUT2D eigenvalue weighted by Crippen LogP contribution is 2.26. The van der Waals surface area contributed by atoms with Crippen LogP contribution in [0.3, 0.4) is 0 Å². The van der Waals surface area contributed by atoms with E-state index in [1.165, 1.54) is 7.11 Å². The van der Waals surface area contributed by atoms with E-state index in [1.807, 2.05) is 20.8 Å². The predicted octanol–water partition coefficient (Wildman–Crippen LogP) is 2.60. The molecular formula is C16H21NO4. The van der Waals surface area contributed by atoms with Crippen LogP contribution >= 0.6 is 0 Å². The Kier molecular flexibility index (Phi) is 5.89. The minimum Gasteiger partial charge on any atom is -0.465 e. The van der Waals surface area contributed by atoms with Crippen molar-refractivity contribution in [3.05, 3.63) is 35.4 Å². The number of ether oxygens (including phenoxy) is 2. The number of benzene rings is 1. The lowest BCUT2D eigenvalue weighted by Crippen LogP contribution is -2.28. The molecule has 0 aliphatic rings. The molecule has 114 valence electrons. The first-order chi connectivity index (χ1) is 9.78. The van der Waals surface area contributed by atoms with E-state index in [1.54, 1.807) is 24.3 Å². The van der Waals surface area contributed by atoms with Crippen molar-refractivity contribution < 1.29 is 19.4 Å². The number of hydrogen-bond donors (Lipinski definition) is 1. The Balaban J connectivity index is 2.96. The molecule has 0 aliphatic heterocycles. The average molecular weight is 291 g/mol. The summed E-state index contributed by atoms with van der Waals surface area (Å²) >= 11 is 0. The SMILES string of the molecule is COC(=O)c1ccccc1C(C#N)CC(O)OC(C)(C)C. The summed E-state index contributed by atoms with van der Waals surface area (Å²) in [5, 5.41) is 19.3. The maximum Gasteiger partial charge on any atom is 0.338 e. The van der Waals surface area contributed by atoms with E-state index in [0.29, 0.717) is 11.1 Å². The Morgan fingerprint density at radius 2 is 2.00 bits per heavy atom. The number of rotatable bonds is 5. The van der Waals surface area contributed by atoms with E-state index in [2.05, 4.69) is 6.07 Å². The fourth-order valence-corrected chi connectivity index (χ4v) is 2.00. The molecule has 0 radical (unpaired) electrons. The van der Waals surface area contributed by atoms with Crippen molar-refractivity contribution in [1.29, 1.82) is 5.26 Å². The Hall–Kier alpha value is -1.90. The highest BCUT2D eigenvalue weighted by atomic mass is 16.6. The summed E-state index contributed by atoms with van der Waals surface area (Å²) in [5.41, 5.74) is 0.347. The van der Waals surface area contributed by atoms with Gasteiger partial charge in [-0.15, -0.1) is 0 Å². The Labute approximate surface area is 125 Å². The molecule has 0 amide bonds. The first-order valence-corrected chi connectivity index (χ1v) is 6.71. The molecule has 2 unspecified atom stereocenters. The second-order valence-corrected chi connectivity index (χ2v) is 5.68. The summed E-state index contributed by atoms with van der Waals surface area (Å²) in [6, 6.07) is 8.83. The van der Waals surface area contributed by atoms with Crippen LogP contribution in [0.15, 0.2) is 24.3 Å². The Bertz CT molecular complexity index is 528. The number of esters is 1. The molecule has 0 saturated heterocycles. The van der Waals surface area contributed by atoms with Crippen molar-refractivity contribution in [1.82, 2.24) is 0 Å². The average Bonchev–Trinajstić information content (AvgIpc) is 2.42. The van der Waals surface area contributed by atoms with Gasteiger partial charge in [0.05, 0.1) is 30.3 Å². The number of hydrogen-bond acceptors (Lipinski definition) is 5. The van der Waals surface area contributed by atoms with Crippen LogP contribution in [0.4, 0.5) is 0 Å². The molecule has 0 spiro atoms. The van der Waals surface area contributed by atoms with E-state index in [0.717, 1.165) is 0 Å². The van der Waals surface area contributed by atoms with Gasteiger partial charge < -0.3 is 14.6 Å². The fraction of sp³-hybridized carbons (Fsp3) is 0.500. The van der Waals surface area contributed by atoms with Crippen LogP contribution in [-0.2, 0) is 9.47 Å². The topological polar surface area (TPSA) is 79.6 Å². The van der Waals surface area contributed by atoms with Gasteiger partial charge in [-0.3, -0.25) is 0 Å². The smallest absolute Gasteiger partial charge is 0.338 e. The second-order valence-electron chi connectivity index (χ2n) is 5.68. The third-order valence-electron chi connectivity index (χ3n) is 2.82. The van der Waals surface area contributed by atoms with Crippen LogP contribution in [0.5, 0.6) is 0 Å². The zero-order valence-corrected chi connectivity index (χ0v) is 12.8. The van der Waals surface area contributed by atoms with Crippen molar-refractivity contribution in [2.45, 2.75) is 45.0 Å². The van der Waals surface area contributed by atoms with Crippen LogP contribution in [0.2, 0.25) is 0 Å². The summed E-state index contributed by atoms with van der Waals surface area (Å²) < 4.78 is 10.1. The standard InChI is InChI=1S/C16H21NO4/c1-16(2,3)21-14(18)9-11(10-17)12-7-5-6-8-13(12)15(19)20-4/h5-8,11,14,18H,9H2,1-4H3. The molecule has 2 atom stereocenters. The lowest BCUT2D eigenvalue weighted by molar-refractivity contribution is -0.168. The molecule has 5 nitrogen and oxygen atoms in total. The summed E-state index contributed by atoms with van der Waals surface area (Å²) in [6.45, 7) is 5.46. The molecule has 1 rings (SSSR count). The van der Waals surface area contributed by atoms with Crippen LogP contribution in [0.1, 0.15) is 49.0 Å².